The van der Waals surface area contributed by atoms with E-state index in [1.165, 1.54) is 0 Å². The van der Waals surface area contributed by atoms with Gasteiger partial charge in [-0.3, -0.25) is 0 Å². The maximum absolute atomic E-state index is 5.83. The molecule has 0 bridgehead atoms. The van der Waals surface area contributed by atoms with Crippen molar-refractivity contribution in [2.24, 2.45) is 0 Å². The van der Waals surface area contributed by atoms with Crippen LogP contribution in [0, 0.1) is 0 Å². The summed E-state index contributed by atoms with van der Waals surface area (Å²) in [6, 6.07) is 22.8. The molecule has 24 heavy (non-hydrogen) atoms. The molecule has 0 aliphatic heterocycles. The molecule has 4 N–H and O–H groups in total. The highest BCUT2D eigenvalue weighted by Crippen LogP contribution is 2.19. The summed E-state index contributed by atoms with van der Waals surface area (Å²) in [6.45, 7) is 0.955. The highest BCUT2D eigenvalue weighted by atomic mass is 16.5. The van der Waals surface area contributed by atoms with Crippen LogP contribution in [-0.4, -0.2) is 0 Å². The second-order valence-corrected chi connectivity index (χ2v) is 5.48. The standard InChI is InChI=1S/C20H20N2O2/c21-17-5-9-19(10-6-17)23-13-15-3-1-2-4-16(15)14-24-20-11-7-18(22)8-12-20/h1-12H,13-14,21-22H2. The summed E-state index contributed by atoms with van der Waals surface area (Å²) in [7, 11) is 0. The molecular formula is C20H20N2O2. The van der Waals surface area contributed by atoms with Crippen LogP contribution in [0.4, 0.5) is 11.4 Å². The quantitative estimate of drug-likeness (QED) is 0.673. The number of nitrogen functional groups attached to an aromatic ring is 2. The van der Waals surface area contributed by atoms with Gasteiger partial charge in [-0.25, -0.2) is 0 Å². The Hall–Kier alpha value is -3.14. The number of nitrogens with two attached hydrogens (primary N) is 2. The van der Waals surface area contributed by atoms with Crippen LogP contribution in [0.5, 0.6) is 11.5 Å². The van der Waals surface area contributed by atoms with Crippen molar-refractivity contribution in [2.45, 2.75) is 13.2 Å². The normalized spacial score (nSPS) is 10.3. The van der Waals surface area contributed by atoms with Crippen LogP contribution in [0.3, 0.4) is 0 Å². The molecule has 0 saturated heterocycles. The van der Waals surface area contributed by atoms with Gasteiger partial charge in [0.2, 0.25) is 0 Å². The molecule has 3 aromatic rings. The Kier molecular flexibility index (Phi) is 4.87. The minimum Gasteiger partial charge on any atom is -0.489 e. The van der Waals surface area contributed by atoms with Gasteiger partial charge in [0, 0.05) is 11.4 Å². The fraction of sp³-hybridized carbons (Fsp3) is 0.100. The summed E-state index contributed by atoms with van der Waals surface area (Å²) < 4.78 is 11.7. The Morgan fingerprint density at radius 2 is 0.917 bits per heavy atom. The van der Waals surface area contributed by atoms with Crippen LogP contribution >= 0.6 is 0 Å². The molecule has 0 spiro atoms. The molecule has 3 rings (SSSR count). The SMILES string of the molecule is Nc1ccc(OCc2ccccc2COc2ccc(N)cc2)cc1. The Bertz CT molecular complexity index is 715. The average Bonchev–Trinajstić information content (AvgIpc) is 2.61. The molecule has 0 fully saturated rings. The lowest BCUT2D eigenvalue weighted by atomic mass is 10.1. The van der Waals surface area contributed by atoms with Crippen LogP contribution < -0.4 is 20.9 Å². The van der Waals surface area contributed by atoms with Crippen molar-refractivity contribution in [3.05, 3.63) is 83.9 Å². The van der Waals surface area contributed by atoms with Gasteiger partial charge in [0.05, 0.1) is 0 Å². The van der Waals surface area contributed by atoms with Crippen LogP contribution in [0.1, 0.15) is 11.1 Å². The highest BCUT2D eigenvalue weighted by Gasteiger charge is 2.04. The van der Waals surface area contributed by atoms with E-state index in [0.717, 1.165) is 34.0 Å². The van der Waals surface area contributed by atoms with Gasteiger partial charge in [0.15, 0.2) is 0 Å². The monoisotopic (exact) mass is 320 g/mol. The summed E-state index contributed by atoms with van der Waals surface area (Å²) in [5.74, 6) is 1.58. The van der Waals surface area contributed by atoms with E-state index in [2.05, 4.69) is 0 Å². The molecule has 4 nitrogen and oxygen atoms in total. The predicted octanol–water partition coefficient (Wildman–Crippen LogP) is 4.01. The van der Waals surface area contributed by atoms with E-state index < -0.39 is 0 Å². The summed E-state index contributed by atoms with van der Waals surface area (Å²) in [5.41, 5.74) is 15.0. The Labute approximate surface area is 141 Å². The maximum atomic E-state index is 5.83. The molecule has 0 aromatic heterocycles. The Balaban J connectivity index is 1.64. The van der Waals surface area contributed by atoms with E-state index in [1.54, 1.807) is 0 Å². The van der Waals surface area contributed by atoms with Crippen molar-refractivity contribution in [2.75, 3.05) is 11.5 Å². The molecule has 0 heterocycles. The second-order valence-electron chi connectivity index (χ2n) is 5.48. The first-order valence-corrected chi connectivity index (χ1v) is 7.74. The highest BCUT2D eigenvalue weighted by molar-refractivity contribution is 5.42. The molecule has 3 aromatic carbocycles. The van der Waals surface area contributed by atoms with Gasteiger partial charge in [-0.1, -0.05) is 24.3 Å². The third-order valence-corrected chi connectivity index (χ3v) is 3.67. The zero-order valence-electron chi connectivity index (χ0n) is 13.3. The summed E-state index contributed by atoms with van der Waals surface area (Å²) in [5, 5.41) is 0. The molecule has 0 radical (unpaired) electrons. The van der Waals surface area contributed by atoms with E-state index in [4.69, 9.17) is 20.9 Å². The molecule has 0 atom stereocenters. The van der Waals surface area contributed by atoms with Gasteiger partial charge >= 0.3 is 0 Å². The number of hydrogen-bond acceptors (Lipinski definition) is 4. The number of rotatable bonds is 6. The average molecular weight is 320 g/mol. The third-order valence-electron chi connectivity index (χ3n) is 3.67. The Morgan fingerprint density at radius 3 is 1.29 bits per heavy atom. The lowest BCUT2D eigenvalue weighted by molar-refractivity contribution is 0.285. The molecule has 0 unspecified atom stereocenters. The number of benzene rings is 3. The van der Waals surface area contributed by atoms with Crippen LogP contribution in [0.2, 0.25) is 0 Å². The van der Waals surface area contributed by atoms with E-state index in [0.29, 0.717) is 13.2 Å². The van der Waals surface area contributed by atoms with Crippen molar-refractivity contribution in [3.63, 3.8) is 0 Å². The van der Waals surface area contributed by atoms with Crippen LogP contribution in [-0.2, 0) is 13.2 Å². The molecule has 4 heteroatoms. The van der Waals surface area contributed by atoms with E-state index in [1.807, 2.05) is 72.8 Å². The summed E-state index contributed by atoms with van der Waals surface area (Å²) in [4.78, 5) is 0. The van der Waals surface area contributed by atoms with Gasteiger partial charge in [-0.2, -0.15) is 0 Å². The second kappa shape index (κ2) is 7.42. The molecular weight excluding hydrogens is 300 g/mol. The smallest absolute Gasteiger partial charge is 0.119 e. The topological polar surface area (TPSA) is 70.5 Å². The fourth-order valence-corrected chi connectivity index (χ4v) is 2.29. The van der Waals surface area contributed by atoms with Crippen molar-refractivity contribution in [1.29, 1.82) is 0 Å². The Morgan fingerprint density at radius 1 is 0.542 bits per heavy atom. The minimum absolute atomic E-state index is 0.477. The number of ether oxygens (including phenoxy) is 2. The van der Waals surface area contributed by atoms with E-state index in [9.17, 15) is 0 Å². The van der Waals surface area contributed by atoms with E-state index in [-0.39, 0.29) is 0 Å². The van der Waals surface area contributed by atoms with Crippen LogP contribution in [0.25, 0.3) is 0 Å². The zero-order chi connectivity index (χ0) is 16.8. The molecule has 0 amide bonds. The molecule has 0 saturated carbocycles. The third kappa shape index (κ3) is 4.20. The fourth-order valence-electron chi connectivity index (χ4n) is 2.29. The van der Waals surface area contributed by atoms with Gasteiger partial charge in [0.1, 0.15) is 24.7 Å². The zero-order valence-corrected chi connectivity index (χ0v) is 13.3. The van der Waals surface area contributed by atoms with Gasteiger partial charge in [-0.15, -0.1) is 0 Å². The lowest BCUT2D eigenvalue weighted by Crippen LogP contribution is -2.03. The maximum Gasteiger partial charge on any atom is 0.119 e. The summed E-state index contributed by atoms with van der Waals surface area (Å²) in [6.07, 6.45) is 0. The lowest BCUT2D eigenvalue weighted by Gasteiger charge is -2.12. The largest absolute Gasteiger partial charge is 0.489 e. The molecule has 0 aliphatic carbocycles. The predicted molar refractivity (Wildman–Crippen MR) is 96.8 cm³/mol. The van der Waals surface area contributed by atoms with Crippen molar-refractivity contribution < 1.29 is 9.47 Å². The van der Waals surface area contributed by atoms with Crippen molar-refractivity contribution in [1.82, 2.24) is 0 Å². The number of anilines is 2. The molecule has 0 aliphatic rings. The van der Waals surface area contributed by atoms with Crippen molar-refractivity contribution in [3.8, 4) is 11.5 Å². The van der Waals surface area contributed by atoms with Gasteiger partial charge in [-0.05, 0) is 59.7 Å². The van der Waals surface area contributed by atoms with Gasteiger partial charge < -0.3 is 20.9 Å². The first-order chi connectivity index (χ1) is 11.7. The summed E-state index contributed by atoms with van der Waals surface area (Å²) >= 11 is 0. The van der Waals surface area contributed by atoms with E-state index >= 15 is 0 Å². The van der Waals surface area contributed by atoms with Crippen molar-refractivity contribution >= 4 is 11.4 Å². The van der Waals surface area contributed by atoms with Gasteiger partial charge in [0.25, 0.3) is 0 Å². The van der Waals surface area contributed by atoms with Crippen LogP contribution in [0.15, 0.2) is 72.8 Å². The first kappa shape index (κ1) is 15.7. The molecule has 122 valence electrons. The number of hydrogen-bond donors (Lipinski definition) is 2. The first-order valence-electron chi connectivity index (χ1n) is 7.74. The minimum atomic E-state index is 0.477.